The third-order valence-electron chi connectivity index (χ3n) is 3.09. The summed E-state index contributed by atoms with van der Waals surface area (Å²) in [6.45, 7) is 6.64. The summed E-state index contributed by atoms with van der Waals surface area (Å²) in [6.07, 6.45) is 2.65. The first-order chi connectivity index (χ1) is 11.0. The number of rotatable bonds is 7. The molecule has 2 rings (SSSR count). The lowest BCUT2D eigenvalue weighted by Crippen LogP contribution is -2.15. The topological polar surface area (TPSA) is 92.3 Å². The van der Waals surface area contributed by atoms with E-state index in [0.29, 0.717) is 18.2 Å². The smallest absolute Gasteiger partial charge is 0.274 e. The lowest BCUT2D eigenvalue weighted by molar-refractivity contribution is 0.289. The summed E-state index contributed by atoms with van der Waals surface area (Å²) in [5.41, 5.74) is 3.55. The van der Waals surface area contributed by atoms with Crippen LogP contribution in [-0.2, 0) is 0 Å². The quantitative estimate of drug-likeness (QED) is 0.604. The lowest BCUT2D eigenvalue weighted by atomic mass is 10.1. The Labute approximate surface area is 134 Å². The standard InChI is InChI=1S/C16H21N5O2/c1-11(2)8-9-23-14-6-4-13(5-7-14)10-17-20-16-18-15(22)12(3)19-21-16/h4-7,10-11H,8-9H2,1-3H3,(H2,18,20,21,22). The highest BCUT2D eigenvalue weighted by molar-refractivity contribution is 5.80. The van der Waals surface area contributed by atoms with Gasteiger partial charge in [-0.3, -0.25) is 9.78 Å². The maximum absolute atomic E-state index is 11.4. The average Bonchev–Trinajstić information content (AvgIpc) is 2.52. The number of nitrogens with one attached hydrogen (secondary N) is 2. The molecule has 0 fully saturated rings. The van der Waals surface area contributed by atoms with Crippen molar-refractivity contribution in [2.45, 2.75) is 27.2 Å². The molecule has 0 unspecified atom stereocenters. The van der Waals surface area contributed by atoms with E-state index in [4.69, 9.17) is 4.74 Å². The van der Waals surface area contributed by atoms with Crippen LogP contribution in [0.1, 0.15) is 31.5 Å². The Morgan fingerprint density at radius 2 is 2.04 bits per heavy atom. The molecule has 1 heterocycles. The van der Waals surface area contributed by atoms with E-state index in [2.05, 4.69) is 39.6 Å². The van der Waals surface area contributed by atoms with Crippen LogP contribution in [0.15, 0.2) is 34.2 Å². The van der Waals surface area contributed by atoms with Crippen molar-refractivity contribution in [2.75, 3.05) is 12.0 Å². The molecule has 7 heteroatoms. The van der Waals surface area contributed by atoms with E-state index in [-0.39, 0.29) is 11.5 Å². The highest BCUT2D eigenvalue weighted by atomic mass is 16.5. The summed E-state index contributed by atoms with van der Waals surface area (Å²) >= 11 is 0. The van der Waals surface area contributed by atoms with Gasteiger partial charge in [-0.05, 0) is 49.1 Å². The molecule has 0 atom stereocenters. The summed E-state index contributed by atoms with van der Waals surface area (Å²) in [6, 6.07) is 7.60. The number of nitrogens with zero attached hydrogens (tertiary/aromatic N) is 3. The first kappa shape index (κ1) is 16.7. The number of anilines is 1. The highest BCUT2D eigenvalue weighted by Gasteiger charge is 1.98. The Morgan fingerprint density at radius 1 is 1.30 bits per heavy atom. The van der Waals surface area contributed by atoms with Gasteiger partial charge in [-0.25, -0.2) is 5.43 Å². The number of aryl methyl sites for hydroxylation is 1. The van der Waals surface area contributed by atoms with Crippen LogP contribution in [0.25, 0.3) is 0 Å². The SMILES string of the molecule is Cc1nnc(NN=Cc2ccc(OCCC(C)C)cc2)[nH]c1=O. The van der Waals surface area contributed by atoms with E-state index in [9.17, 15) is 4.79 Å². The molecular formula is C16H21N5O2. The molecule has 0 bridgehead atoms. The van der Waals surface area contributed by atoms with Crippen molar-refractivity contribution in [3.63, 3.8) is 0 Å². The number of benzene rings is 1. The number of ether oxygens (including phenoxy) is 1. The van der Waals surface area contributed by atoms with Gasteiger partial charge in [0.1, 0.15) is 11.4 Å². The van der Waals surface area contributed by atoms with E-state index in [0.717, 1.165) is 17.7 Å². The summed E-state index contributed by atoms with van der Waals surface area (Å²) < 4.78 is 5.65. The van der Waals surface area contributed by atoms with Gasteiger partial charge in [0, 0.05) is 0 Å². The second-order valence-corrected chi connectivity index (χ2v) is 5.56. The Balaban J connectivity index is 1.87. The van der Waals surface area contributed by atoms with Gasteiger partial charge >= 0.3 is 0 Å². The molecule has 0 radical (unpaired) electrons. The molecule has 2 N–H and O–H groups in total. The number of aromatic amines is 1. The molecule has 0 spiro atoms. The minimum atomic E-state index is -0.291. The largest absolute Gasteiger partial charge is 0.494 e. The van der Waals surface area contributed by atoms with E-state index >= 15 is 0 Å². The predicted molar refractivity (Wildman–Crippen MR) is 90.0 cm³/mol. The summed E-state index contributed by atoms with van der Waals surface area (Å²) in [5.74, 6) is 1.67. The fraction of sp³-hybridized carbons (Fsp3) is 0.375. The van der Waals surface area contributed by atoms with Gasteiger partial charge in [0.15, 0.2) is 0 Å². The molecule has 0 saturated carbocycles. The summed E-state index contributed by atoms with van der Waals surface area (Å²) in [5, 5.41) is 11.5. The van der Waals surface area contributed by atoms with Crippen molar-refractivity contribution in [1.82, 2.24) is 15.2 Å². The number of hydrogen-bond donors (Lipinski definition) is 2. The fourth-order valence-electron chi connectivity index (χ4n) is 1.67. The molecule has 2 aromatic rings. The van der Waals surface area contributed by atoms with Crippen molar-refractivity contribution in [3.8, 4) is 5.75 Å². The van der Waals surface area contributed by atoms with Crippen LogP contribution in [0.3, 0.4) is 0 Å². The number of hydrogen-bond acceptors (Lipinski definition) is 6. The monoisotopic (exact) mass is 315 g/mol. The maximum Gasteiger partial charge on any atom is 0.274 e. The van der Waals surface area contributed by atoms with Crippen LogP contribution in [0.4, 0.5) is 5.95 Å². The molecule has 23 heavy (non-hydrogen) atoms. The van der Waals surface area contributed by atoms with E-state index in [1.807, 2.05) is 24.3 Å². The van der Waals surface area contributed by atoms with Gasteiger partial charge in [-0.2, -0.15) is 5.10 Å². The van der Waals surface area contributed by atoms with Crippen LogP contribution >= 0.6 is 0 Å². The molecule has 122 valence electrons. The van der Waals surface area contributed by atoms with Crippen molar-refractivity contribution in [1.29, 1.82) is 0 Å². The molecule has 0 aliphatic rings. The van der Waals surface area contributed by atoms with Gasteiger partial charge in [0.05, 0.1) is 12.8 Å². The minimum Gasteiger partial charge on any atom is -0.494 e. The average molecular weight is 315 g/mol. The van der Waals surface area contributed by atoms with Crippen LogP contribution in [0, 0.1) is 12.8 Å². The number of H-pyrrole nitrogens is 1. The van der Waals surface area contributed by atoms with Gasteiger partial charge in [-0.1, -0.05) is 13.8 Å². The molecule has 1 aromatic heterocycles. The number of aromatic nitrogens is 3. The zero-order valence-electron chi connectivity index (χ0n) is 13.5. The molecule has 1 aromatic carbocycles. The van der Waals surface area contributed by atoms with Gasteiger partial charge in [0.2, 0.25) is 5.95 Å². The minimum absolute atomic E-state index is 0.200. The zero-order valence-corrected chi connectivity index (χ0v) is 13.5. The Kier molecular flexibility index (Phi) is 5.85. The molecule has 0 saturated heterocycles. The highest BCUT2D eigenvalue weighted by Crippen LogP contribution is 2.12. The summed E-state index contributed by atoms with van der Waals surface area (Å²) in [4.78, 5) is 13.9. The Bertz CT molecular complexity index is 707. The number of hydrazone groups is 1. The lowest BCUT2D eigenvalue weighted by Gasteiger charge is -2.07. The molecule has 0 aliphatic carbocycles. The van der Waals surface area contributed by atoms with Gasteiger partial charge in [-0.15, -0.1) is 10.2 Å². The Hall–Kier alpha value is -2.70. The van der Waals surface area contributed by atoms with E-state index < -0.39 is 0 Å². The predicted octanol–water partition coefficient (Wildman–Crippen LogP) is 2.34. The maximum atomic E-state index is 11.4. The van der Waals surface area contributed by atoms with Crippen molar-refractivity contribution in [2.24, 2.45) is 11.0 Å². The fourth-order valence-corrected chi connectivity index (χ4v) is 1.67. The van der Waals surface area contributed by atoms with Crippen LogP contribution in [0.5, 0.6) is 5.75 Å². The van der Waals surface area contributed by atoms with Crippen molar-refractivity contribution < 1.29 is 4.74 Å². The van der Waals surface area contributed by atoms with Crippen LogP contribution in [-0.4, -0.2) is 28.0 Å². The first-order valence-corrected chi connectivity index (χ1v) is 7.50. The third kappa shape index (κ3) is 5.54. The normalized spacial score (nSPS) is 11.1. The third-order valence-corrected chi connectivity index (χ3v) is 3.09. The summed E-state index contributed by atoms with van der Waals surface area (Å²) in [7, 11) is 0. The second-order valence-electron chi connectivity index (χ2n) is 5.56. The van der Waals surface area contributed by atoms with Crippen LogP contribution in [0.2, 0.25) is 0 Å². The van der Waals surface area contributed by atoms with Crippen LogP contribution < -0.4 is 15.7 Å². The van der Waals surface area contributed by atoms with E-state index in [1.165, 1.54) is 0 Å². The van der Waals surface area contributed by atoms with E-state index in [1.54, 1.807) is 13.1 Å². The Morgan fingerprint density at radius 3 is 2.70 bits per heavy atom. The first-order valence-electron chi connectivity index (χ1n) is 7.50. The van der Waals surface area contributed by atoms with Crippen molar-refractivity contribution >= 4 is 12.2 Å². The second kappa shape index (κ2) is 8.07. The molecular weight excluding hydrogens is 294 g/mol. The van der Waals surface area contributed by atoms with Gasteiger partial charge in [0.25, 0.3) is 5.56 Å². The van der Waals surface area contributed by atoms with Gasteiger partial charge < -0.3 is 4.74 Å². The molecule has 0 aliphatic heterocycles. The molecule has 0 amide bonds. The zero-order chi connectivity index (χ0) is 16.7. The molecule has 7 nitrogen and oxygen atoms in total. The van der Waals surface area contributed by atoms with Crippen molar-refractivity contribution in [3.05, 3.63) is 45.9 Å².